The molecule has 0 aliphatic carbocycles. The van der Waals surface area contributed by atoms with Gasteiger partial charge in [-0.15, -0.1) is 10.2 Å². The topological polar surface area (TPSA) is 91.3 Å². The first-order chi connectivity index (χ1) is 14.4. The molecule has 0 saturated carbocycles. The second-order valence-corrected chi connectivity index (χ2v) is 9.20. The third-order valence-corrected chi connectivity index (χ3v) is 7.17. The maximum absolute atomic E-state index is 13.1. The highest BCUT2D eigenvalue weighted by atomic mass is 32.2. The molecule has 30 heavy (non-hydrogen) atoms. The Balaban J connectivity index is 1.41. The number of sulfonamides is 1. The van der Waals surface area contributed by atoms with E-state index in [2.05, 4.69) is 25.4 Å². The fourth-order valence-corrected chi connectivity index (χ4v) is 5.16. The minimum absolute atomic E-state index is 0.391. The number of hydrogen-bond acceptors (Lipinski definition) is 7. The second-order valence-electron chi connectivity index (χ2n) is 7.30. The van der Waals surface area contributed by atoms with Crippen molar-refractivity contribution < 1.29 is 8.42 Å². The van der Waals surface area contributed by atoms with Gasteiger partial charge in [-0.3, -0.25) is 4.98 Å². The van der Waals surface area contributed by atoms with Gasteiger partial charge in [-0.25, -0.2) is 8.42 Å². The van der Waals surface area contributed by atoms with Crippen LogP contribution in [0, 0.1) is 13.8 Å². The van der Waals surface area contributed by atoms with Crippen molar-refractivity contribution in [1.29, 1.82) is 0 Å². The van der Waals surface area contributed by atoms with E-state index >= 15 is 0 Å². The van der Waals surface area contributed by atoms with Gasteiger partial charge in [-0.05, 0) is 55.3 Å². The van der Waals surface area contributed by atoms with Gasteiger partial charge in [0.1, 0.15) is 0 Å². The SMILES string of the molecule is Cc1ccc(C)c(S(=O)(=O)N2CCN(c3ccc(Nc4ccncc4)nn3)CC2)c1. The second kappa shape index (κ2) is 8.37. The van der Waals surface area contributed by atoms with E-state index in [1.54, 1.807) is 22.8 Å². The maximum Gasteiger partial charge on any atom is 0.243 e. The third-order valence-electron chi connectivity index (χ3n) is 5.13. The Kier molecular flexibility index (Phi) is 5.65. The Hall–Kier alpha value is -3.04. The Morgan fingerprint density at radius 2 is 1.63 bits per heavy atom. The highest BCUT2D eigenvalue weighted by molar-refractivity contribution is 7.89. The summed E-state index contributed by atoms with van der Waals surface area (Å²) < 4.78 is 27.7. The number of rotatable bonds is 5. The predicted molar refractivity (Wildman–Crippen MR) is 116 cm³/mol. The summed E-state index contributed by atoms with van der Waals surface area (Å²) in [7, 11) is -3.51. The van der Waals surface area contributed by atoms with Gasteiger partial charge in [0.15, 0.2) is 11.6 Å². The number of aromatic nitrogens is 3. The molecule has 0 amide bonds. The number of hydrogen-bond donors (Lipinski definition) is 1. The fourth-order valence-electron chi connectivity index (χ4n) is 3.43. The van der Waals surface area contributed by atoms with Gasteiger partial charge in [-0.2, -0.15) is 4.31 Å². The first kappa shape index (κ1) is 20.2. The van der Waals surface area contributed by atoms with Crippen LogP contribution in [0.5, 0.6) is 0 Å². The zero-order valence-electron chi connectivity index (χ0n) is 17.0. The highest BCUT2D eigenvalue weighted by Crippen LogP contribution is 2.24. The molecule has 0 bridgehead atoms. The van der Waals surface area contributed by atoms with Crippen molar-refractivity contribution in [3.8, 4) is 0 Å². The molecule has 8 nitrogen and oxygen atoms in total. The molecule has 1 aliphatic heterocycles. The molecular weight excluding hydrogens is 400 g/mol. The van der Waals surface area contributed by atoms with E-state index in [1.807, 2.05) is 50.2 Å². The molecule has 1 N–H and O–H groups in total. The predicted octanol–water partition coefficient (Wildman–Crippen LogP) is 2.74. The number of aryl methyl sites for hydroxylation is 2. The number of anilines is 3. The van der Waals surface area contributed by atoms with E-state index in [0.29, 0.717) is 36.9 Å². The molecule has 0 atom stereocenters. The smallest absolute Gasteiger partial charge is 0.243 e. The van der Waals surface area contributed by atoms with E-state index in [1.165, 1.54) is 0 Å². The third kappa shape index (κ3) is 4.27. The van der Waals surface area contributed by atoms with Crippen LogP contribution in [0.3, 0.4) is 0 Å². The van der Waals surface area contributed by atoms with Gasteiger partial charge in [0.2, 0.25) is 10.0 Å². The normalized spacial score (nSPS) is 15.2. The molecule has 0 spiro atoms. The summed E-state index contributed by atoms with van der Waals surface area (Å²) in [6.45, 7) is 5.69. The Morgan fingerprint density at radius 3 is 2.30 bits per heavy atom. The fraction of sp³-hybridized carbons (Fsp3) is 0.286. The summed E-state index contributed by atoms with van der Waals surface area (Å²) in [5.41, 5.74) is 2.59. The van der Waals surface area contributed by atoms with Crippen LogP contribution in [0.25, 0.3) is 0 Å². The van der Waals surface area contributed by atoms with E-state index < -0.39 is 10.0 Å². The van der Waals surface area contributed by atoms with E-state index in [0.717, 1.165) is 22.6 Å². The van der Waals surface area contributed by atoms with Crippen LogP contribution in [0.15, 0.2) is 59.8 Å². The molecule has 4 rings (SSSR count). The minimum atomic E-state index is -3.51. The summed E-state index contributed by atoms with van der Waals surface area (Å²) in [5.74, 6) is 1.38. The molecule has 9 heteroatoms. The number of nitrogens with zero attached hydrogens (tertiary/aromatic N) is 5. The van der Waals surface area contributed by atoms with Gasteiger partial charge >= 0.3 is 0 Å². The molecule has 3 heterocycles. The van der Waals surface area contributed by atoms with Gasteiger partial charge in [0, 0.05) is 44.3 Å². The number of piperazine rings is 1. The van der Waals surface area contributed by atoms with Crippen LogP contribution in [0.2, 0.25) is 0 Å². The lowest BCUT2D eigenvalue weighted by Crippen LogP contribution is -2.49. The number of benzene rings is 1. The van der Waals surface area contributed by atoms with Crippen LogP contribution in [0.1, 0.15) is 11.1 Å². The van der Waals surface area contributed by atoms with Crippen molar-refractivity contribution in [3.05, 3.63) is 66.0 Å². The van der Waals surface area contributed by atoms with Gasteiger partial charge < -0.3 is 10.2 Å². The van der Waals surface area contributed by atoms with E-state index in [-0.39, 0.29) is 0 Å². The average molecular weight is 425 g/mol. The molecule has 1 saturated heterocycles. The maximum atomic E-state index is 13.1. The molecule has 1 fully saturated rings. The average Bonchev–Trinajstić information content (AvgIpc) is 2.77. The van der Waals surface area contributed by atoms with Crippen molar-refractivity contribution >= 4 is 27.3 Å². The molecule has 0 unspecified atom stereocenters. The molecular formula is C21H24N6O2S. The van der Waals surface area contributed by atoms with Gasteiger partial charge in [0.05, 0.1) is 4.90 Å². The molecule has 3 aromatic rings. The molecule has 1 aromatic carbocycles. The molecule has 2 aromatic heterocycles. The standard InChI is InChI=1S/C21H24N6O2S/c1-16-3-4-17(2)19(15-16)30(28,29)27-13-11-26(12-14-27)21-6-5-20(24-25-21)23-18-7-9-22-10-8-18/h3-10,15H,11-14H2,1-2H3,(H,22,23,24). The van der Waals surface area contributed by atoms with Crippen molar-refractivity contribution in [1.82, 2.24) is 19.5 Å². The van der Waals surface area contributed by atoms with Crippen molar-refractivity contribution in [2.75, 3.05) is 36.4 Å². The summed E-state index contributed by atoms with van der Waals surface area (Å²) >= 11 is 0. The summed E-state index contributed by atoms with van der Waals surface area (Å²) in [6, 6.07) is 13.0. The van der Waals surface area contributed by atoms with Crippen molar-refractivity contribution in [2.45, 2.75) is 18.7 Å². The van der Waals surface area contributed by atoms with Crippen LogP contribution >= 0.6 is 0 Å². The monoisotopic (exact) mass is 424 g/mol. The lowest BCUT2D eigenvalue weighted by molar-refractivity contribution is 0.383. The number of nitrogens with one attached hydrogen (secondary N) is 1. The summed E-state index contributed by atoms with van der Waals surface area (Å²) in [6.07, 6.45) is 3.41. The van der Waals surface area contributed by atoms with Crippen molar-refractivity contribution in [3.63, 3.8) is 0 Å². The van der Waals surface area contributed by atoms with E-state index in [9.17, 15) is 8.42 Å². The minimum Gasteiger partial charge on any atom is -0.352 e. The quantitative estimate of drug-likeness (QED) is 0.673. The zero-order valence-corrected chi connectivity index (χ0v) is 17.8. The first-order valence-electron chi connectivity index (χ1n) is 9.76. The van der Waals surface area contributed by atoms with Crippen LogP contribution in [-0.2, 0) is 10.0 Å². The van der Waals surface area contributed by atoms with E-state index in [4.69, 9.17) is 0 Å². The van der Waals surface area contributed by atoms with Gasteiger partial charge in [0.25, 0.3) is 0 Å². The largest absolute Gasteiger partial charge is 0.352 e. The zero-order chi connectivity index (χ0) is 21.1. The van der Waals surface area contributed by atoms with Gasteiger partial charge in [-0.1, -0.05) is 12.1 Å². The Bertz CT molecular complexity index is 1110. The summed E-state index contributed by atoms with van der Waals surface area (Å²) in [4.78, 5) is 6.43. The van der Waals surface area contributed by atoms with Crippen LogP contribution < -0.4 is 10.2 Å². The van der Waals surface area contributed by atoms with Crippen LogP contribution in [-0.4, -0.2) is 54.1 Å². The molecule has 156 valence electrons. The Labute approximate surface area is 176 Å². The lowest BCUT2D eigenvalue weighted by atomic mass is 10.2. The van der Waals surface area contributed by atoms with Crippen molar-refractivity contribution in [2.24, 2.45) is 0 Å². The van der Waals surface area contributed by atoms with Crippen LogP contribution in [0.4, 0.5) is 17.3 Å². The highest BCUT2D eigenvalue weighted by Gasteiger charge is 2.30. The Morgan fingerprint density at radius 1 is 0.900 bits per heavy atom. The lowest BCUT2D eigenvalue weighted by Gasteiger charge is -2.34. The number of pyridine rings is 1. The first-order valence-corrected chi connectivity index (χ1v) is 11.2. The summed E-state index contributed by atoms with van der Waals surface area (Å²) in [5, 5.41) is 11.7. The molecule has 1 aliphatic rings. The molecule has 0 radical (unpaired) electrons.